The Morgan fingerprint density at radius 2 is 2.08 bits per heavy atom. The van der Waals surface area contributed by atoms with Gasteiger partial charge < -0.3 is 9.55 Å². The second-order valence-corrected chi connectivity index (χ2v) is 6.73. The molecule has 25 heavy (non-hydrogen) atoms. The van der Waals surface area contributed by atoms with Crippen LogP contribution in [-0.4, -0.2) is 24.5 Å². The van der Waals surface area contributed by atoms with Crippen molar-refractivity contribution >= 4 is 22.8 Å². The first-order valence-corrected chi connectivity index (χ1v) is 8.62. The summed E-state index contributed by atoms with van der Waals surface area (Å²) in [7, 11) is 0. The Kier molecular flexibility index (Phi) is 4.24. The molecule has 3 aromatic heterocycles. The molecule has 0 spiro atoms. The first-order valence-electron chi connectivity index (χ1n) is 8.25. The van der Waals surface area contributed by atoms with E-state index in [0.717, 1.165) is 40.5 Å². The first-order chi connectivity index (χ1) is 12.2. The predicted molar refractivity (Wildman–Crippen MR) is 99.4 cm³/mol. The quantitative estimate of drug-likeness (QED) is 0.581. The van der Waals surface area contributed by atoms with E-state index in [4.69, 9.17) is 11.6 Å². The van der Waals surface area contributed by atoms with Crippen molar-refractivity contribution in [3.8, 4) is 11.4 Å². The van der Waals surface area contributed by atoms with E-state index in [1.54, 1.807) is 6.33 Å². The normalized spacial score (nSPS) is 12.6. The summed E-state index contributed by atoms with van der Waals surface area (Å²) >= 11 is 6.12. The minimum absolute atomic E-state index is 0.425. The van der Waals surface area contributed by atoms with Gasteiger partial charge in [-0.25, -0.2) is 15.0 Å². The number of hydrogen-bond acceptors (Lipinski definition) is 3. The molecule has 0 bridgehead atoms. The average molecular weight is 352 g/mol. The number of imidazole rings is 2. The van der Waals surface area contributed by atoms with Gasteiger partial charge in [0.1, 0.15) is 11.3 Å². The average Bonchev–Trinajstić information content (AvgIpc) is 3.24. The van der Waals surface area contributed by atoms with Crippen molar-refractivity contribution in [1.82, 2.24) is 24.5 Å². The van der Waals surface area contributed by atoms with Gasteiger partial charge in [-0.15, -0.1) is 0 Å². The van der Waals surface area contributed by atoms with Crippen molar-refractivity contribution in [3.05, 3.63) is 65.8 Å². The number of halogens is 1. The lowest BCUT2D eigenvalue weighted by Crippen LogP contribution is -2.11. The van der Waals surface area contributed by atoms with E-state index in [9.17, 15) is 0 Å². The molecule has 6 heteroatoms. The van der Waals surface area contributed by atoms with Crippen molar-refractivity contribution in [2.45, 2.75) is 19.9 Å². The van der Waals surface area contributed by atoms with Crippen molar-refractivity contribution in [1.29, 1.82) is 0 Å². The molecule has 0 amide bonds. The molecular formula is C19H18ClN5. The molecule has 0 aliphatic heterocycles. The van der Waals surface area contributed by atoms with Crippen molar-refractivity contribution in [2.24, 2.45) is 5.92 Å². The third kappa shape index (κ3) is 3.28. The van der Waals surface area contributed by atoms with Crippen molar-refractivity contribution in [2.75, 3.05) is 0 Å². The first kappa shape index (κ1) is 15.8. The summed E-state index contributed by atoms with van der Waals surface area (Å²) in [4.78, 5) is 16.3. The highest BCUT2D eigenvalue weighted by Crippen LogP contribution is 2.23. The molecule has 1 atom stereocenters. The van der Waals surface area contributed by atoms with Gasteiger partial charge in [-0.05, 0) is 36.1 Å². The van der Waals surface area contributed by atoms with Crippen LogP contribution in [0, 0.1) is 5.92 Å². The third-order valence-corrected chi connectivity index (χ3v) is 4.51. The Hall–Kier alpha value is -2.66. The lowest BCUT2D eigenvalue weighted by molar-refractivity contribution is 0.483. The Morgan fingerprint density at radius 1 is 1.16 bits per heavy atom. The van der Waals surface area contributed by atoms with Crippen molar-refractivity contribution in [3.63, 3.8) is 0 Å². The maximum absolute atomic E-state index is 6.12. The molecule has 0 radical (unpaired) electrons. The summed E-state index contributed by atoms with van der Waals surface area (Å²) in [6.07, 6.45) is 8.30. The zero-order valence-electron chi connectivity index (χ0n) is 13.9. The van der Waals surface area contributed by atoms with Crippen LogP contribution in [0.1, 0.15) is 12.5 Å². The number of fused-ring (bicyclic) bond motifs is 1. The summed E-state index contributed by atoms with van der Waals surface area (Å²) in [6, 6.07) is 9.85. The molecule has 4 aromatic rings. The van der Waals surface area contributed by atoms with Crippen LogP contribution in [-0.2, 0) is 13.0 Å². The zero-order chi connectivity index (χ0) is 17.2. The molecule has 5 nitrogen and oxygen atoms in total. The van der Waals surface area contributed by atoms with E-state index in [1.807, 2.05) is 48.9 Å². The van der Waals surface area contributed by atoms with Crippen LogP contribution in [0.3, 0.4) is 0 Å². The fraction of sp³-hybridized carbons (Fsp3) is 0.211. The molecule has 4 rings (SSSR count). The fourth-order valence-electron chi connectivity index (χ4n) is 3.19. The SMILES string of the molecule is CC(Cc1ccnc2[nH]cnc12)Cn1ccnc1-c1cccc(Cl)c1. The fourth-order valence-corrected chi connectivity index (χ4v) is 3.38. The highest BCUT2D eigenvalue weighted by atomic mass is 35.5. The Bertz CT molecular complexity index is 1000. The number of pyridine rings is 1. The van der Waals surface area contributed by atoms with E-state index in [0.29, 0.717) is 5.92 Å². The van der Waals surface area contributed by atoms with Gasteiger partial charge in [-0.3, -0.25) is 0 Å². The molecule has 0 aliphatic carbocycles. The monoisotopic (exact) mass is 351 g/mol. The zero-order valence-corrected chi connectivity index (χ0v) is 14.6. The maximum atomic E-state index is 6.12. The number of benzene rings is 1. The molecule has 0 saturated heterocycles. The van der Waals surface area contributed by atoms with Gasteiger partial charge in [0.15, 0.2) is 5.65 Å². The number of aromatic amines is 1. The number of nitrogens with one attached hydrogen (secondary N) is 1. The maximum Gasteiger partial charge on any atom is 0.157 e. The topological polar surface area (TPSA) is 59.4 Å². The molecule has 1 aromatic carbocycles. The second-order valence-electron chi connectivity index (χ2n) is 6.29. The van der Waals surface area contributed by atoms with Gasteiger partial charge in [0, 0.05) is 35.7 Å². The van der Waals surface area contributed by atoms with Crippen LogP contribution in [0.15, 0.2) is 55.2 Å². The molecular weight excluding hydrogens is 334 g/mol. The summed E-state index contributed by atoms with van der Waals surface area (Å²) in [6.45, 7) is 3.11. The second kappa shape index (κ2) is 6.69. The predicted octanol–water partition coefficient (Wildman–Crippen LogP) is 4.35. The number of rotatable bonds is 5. The van der Waals surface area contributed by atoms with Crippen LogP contribution >= 0.6 is 11.6 Å². The van der Waals surface area contributed by atoms with Gasteiger partial charge in [-0.2, -0.15) is 0 Å². The van der Waals surface area contributed by atoms with Gasteiger partial charge >= 0.3 is 0 Å². The summed E-state index contributed by atoms with van der Waals surface area (Å²) in [5.41, 5.74) is 4.04. The molecule has 0 fully saturated rings. The van der Waals surface area contributed by atoms with Gasteiger partial charge in [0.05, 0.1) is 6.33 Å². The van der Waals surface area contributed by atoms with Crippen LogP contribution in [0.5, 0.6) is 0 Å². The Morgan fingerprint density at radius 3 is 2.96 bits per heavy atom. The van der Waals surface area contributed by atoms with Crippen LogP contribution in [0.2, 0.25) is 5.02 Å². The lowest BCUT2D eigenvalue weighted by atomic mass is 10.0. The van der Waals surface area contributed by atoms with E-state index >= 15 is 0 Å². The molecule has 3 heterocycles. The van der Waals surface area contributed by atoms with Crippen molar-refractivity contribution < 1.29 is 0 Å². The van der Waals surface area contributed by atoms with E-state index in [2.05, 4.69) is 31.4 Å². The van der Waals surface area contributed by atoms with Crippen LogP contribution < -0.4 is 0 Å². The summed E-state index contributed by atoms with van der Waals surface area (Å²) in [5.74, 6) is 1.36. The molecule has 1 unspecified atom stereocenters. The largest absolute Gasteiger partial charge is 0.331 e. The third-order valence-electron chi connectivity index (χ3n) is 4.28. The lowest BCUT2D eigenvalue weighted by Gasteiger charge is -2.15. The minimum atomic E-state index is 0.425. The smallest absolute Gasteiger partial charge is 0.157 e. The van der Waals surface area contributed by atoms with E-state index in [-0.39, 0.29) is 0 Å². The van der Waals surface area contributed by atoms with E-state index < -0.39 is 0 Å². The number of aromatic nitrogens is 5. The number of hydrogen-bond donors (Lipinski definition) is 1. The minimum Gasteiger partial charge on any atom is -0.331 e. The highest BCUT2D eigenvalue weighted by molar-refractivity contribution is 6.30. The van der Waals surface area contributed by atoms with Gasteiger partial charge in [-0.1, -0.05) is 30.7 Å². The molecule has 126 valence electrons. The molecule has 0 saturated carbocycles. The highest BCUT2D eigenvalue weighted by Gasteiger charge is 2.13. The number of H-pyrrole nitrogens is 1. The number of nitrogens with zero attached hydrogens (tertiary/aromatic N) is 4. The Balaban J connectivity index is 1.55. The van der Waals surface area contributed by atoms with E-state index in [1.165, 1.54) is 5.56 Å². The summed E-state index contributed by atoms with van der Waals surface area (Å²) in [5, 5.41) is 0.720. The summed E-state index contributed by atoms with van der Waals surface area (Å²) < 4.78 is 2.18. The van der Waals surface area contributed by atoms with Crippen LogP contribution in [0.4, 0.5) is 0 Å². The van der Waals surface area contributed by atoms with Crippen LogP contribution in [0.25, 0.3) is 22.6 Å². The van der Waals surface area contributed by atoms with Gasteiger partial charge in [0.25, 0.3) is 0 Å². The molecule has 1 N–H and O–H groups in total. The van der Waals surface area contributed by atoms with Gasteiger partial charge in [0.2, 0.25) is 0 Å². The standard InChI is InChI=1S/C19H18ClN5/c1-13(9-14-5-6-21-18-17(14)23-12-24-18)11-25-8-7-22-19(25)15-3-2-4-16(20)10-15/h2-8,10,12-13H,9,11H2,1H3,(H,21,23,24). The molecule has 0 aliphatic rings. The Labute approximate surface area is 150 Å².